The van der Waals surface area contributed by atoms with Crippen LogP contribution in [0.5, 0.6) is 0 Å². The van der Waals surface area contributed by atoms with Crippen molar-refractivity contribution in [3.05, 3.63) is 0 Å². The molecule has 1 aliphatic rings. The van der Waals surface area contributed by atoms with E-state index in [2.05, 4.69) is 6.07 Å². The fourth-order valence-electron chi connectivity index (χ4n) is 1.91. The first kappa shape index (κ1) is 13.3. The van der Waals surface area contributed by atoms with E-state index in [1.807, 2.05) is 0 Å². The van der Waals surface area contributed by atoms with Crippen molar-refractivity contribution < 1.29 is 14.7 Å². The molecule has 2 atom stereocenters. The van der Waals surface area contributed by atoms with E-state index in [0.717, 1.165) is 0 Å². The van der Waals surface area contributed by atoms with E-state index >= 15 is 0 Å². The number of carboxylic acid groups (broad SMARTS) is 1. The highest BCUT2D eigenvalue weighted by Crippen LogP contribution is 2.17. The van der Waals surface area contributed by atoms with Gasteiger partial charge in [0.05, 0.1) is 17.9 Å². The Kier molecular flexibility index (Phi) is 4.32. The van der Waals surface area contributed by atoms with Crippen LogP contribution in [0.1, 0.15) is 13.3 Å². The Labute approximate surface area is 100 Å². The van der Waals surface area contributed by atoms with Gasteiger partial charge in [0.1, 0.15) is 0 Å². The van der Waals surface area contributed by atoms with Crippen LogP contribution >= 0.6 is 0 Å². The van der Waals surface area contributed by atoms with E-state index in [0.29, 0.717) is 19.5 Å². The Hall–Kier alpha value is -1.77. The second-order valence-corrected chi connectivity index (χ2v) is 4.46. The van der Waals surface area contributed by atoms with E-state index in [9.17, 15) is 9.59 Å². The molecular weight excluding hydrogens is 222 g/mol. The van der Waals surface area contributed by atoms with Crippen LogP contribution < -0.4 is 0 Å². The summed E-state index contributed by atoms with van der Waals surface area (Å²) in [6.07, 6.45) is 0.503. The van der Waals surface area contributed by atoms with Crippen molar-refractivity contribution in [2.75, 3.05) is 26.7 Å². The van der Waals surface area contributed by atoms with E-state index in [-0.39, 0.29) is 18.5 Å². The second kappa shape index (κ2) is 5.53. The topological polar surface area (TPSA) is 84.6 Å². The average molecular weight is 239 g/mol. The molecule has 0 radical (unpaired) electrons. The normalized spacial score (nSPS) is 20.8. The monoisotopic (exact) mass is 239 g/mol. The van der Waals surface area contributed by atoms with Gasteiger partial charge in [-0.2, -0.15) is 5.26 Å². The van der Waals surface area contributed by atoms with Gasteiger partial charge in [-0.1, -0.05) is 0 Å². The summed E-state index contributed by atoms with van der Waals surface area (Å²) in [4.78, 5) is 25.7. The Balaban J connectivity index is 2.49. The molecule has 0 bridgehead atoms. The van der Waals surface area contributed by atoms with Crippen molar-refractivity contribution in [1.29, 1.82) is 5.26 Å². The third-order valence-electron chi connectivity index (χ3n) is 2.90. The first-order valence-electron chi connectivity index (χ1n) is 5.58. The van der Waals surface area contributed by atoms with Crippen molar-refractivity contribution in [3.8, 4) is 6.07 Å². The first-order valence-corrected chi connectivity index (χ1v) is 5.58. The minimum absolute atomic E-state index is 0.198. The van der Waals surface area contributed by atoms with Crippen LogP contribution in [0.2, 0.25) is 0 Å². The highest BCUT2D eigenvalue weighted by molar-refractivity contribution is 5.77. The number of likely N-dealkylation sites (tertiary alicyclic amines) is 1. The third kappa shape index (κ3) is 3.34. The smallest absolute Gasteiger partial charge is 0.319 e. The molecule has 1 rings (SSSR count). The molecule has 0 aromatic carbocycles. The van der Waals surface area contributed by atoms with Crippen LogP contribution in [0.25, 0.3) is 0 Å². The zero-order chi connectivity index (χ0) is 13.0. The summed E-state index contributed by atoms with van der Waals surface area (Å²) in [5.41, 5.74) is 0. The third-order valence-corrected chi connectivity index (χ3v) is 2.90. The lowest BCUT2D eigenvalue weighted by Gasteiger charge is -2.25. The van der Waals surface area contributed by atoms with E-state index in [1.165, 1.54) is 9.80 Å². The number of hydrogen-bond acceptors (Lipinski definition) is 3. The van der Waals surface area contributed by atoms with Crippen molar-refractivity contribution in [3.63, 3.8) is 0 Å². The molecule has 1 N–H and O–H groups in total. The van der Waals surface area contributed by atoms with E-state index in [4.69, 9.17) is 10.4 Å². The zero-order valence-electron chi connectivity index (χ0n) is 10.1. The average Bonchev–Trinajstić information content (AvgIpc) is 2.77. The summed E-state index contributed by atoms with van der Waals surface area (Å²) in [6, 6.07) is 1.86. The van der Waals surface area contributed by atoms with Crippen LogP contribution in [-0.4, -0.2) is 53.6 Å². The van der Waals surface area contributed by atoms with Gasteiger partial charge in [-0.15, -0.1) is 0 Å². The molecule has 17 heavy (non-hydrogen) atoms. The second-order valence-electron chi connectivity index (χ2n) is 4.46. The summed E-state index contributed by atoms with van der Waals surface area (Å²) in [6.45, 7) is 2.85. The molecule has 1 aliphatic heterocycles. The van der Waals surface area contributed by atoms with E-state index < -0.39 is 11.9 Å². The zero-order valence-corrected chi connectivity index (χ0v) is 10.1. The molecule has 0 saturated carbocycles. The number of rotatable bonds is 3. The molecule has 0 aromatic rings. The molecule has 6 heteroatoms. The first-order chi connectivity index (χ1) is 7.95. The van der Waals surface area contributed by atoms with Gasteiger partial charge >= 0.3 is 12.0 Å². The van der Waals surface area contributed by atoms with Crippen molar-refractivity contribution >= 4 is 12.0 Å². The number of nitrogens with zero attached hydrogens (tertiary/aromatic N) is 3. The number of carbonyl (C=O) groups is 2. The molecule has 94 valence electrons. The summed E-state index contributed by atoms with van der Waals surface area (Å²) in [5, 5.41) is 17.5. The fourth-order valence-corrected chi connectivity index (χ4v) is 1.91. The van der Waals surface area contributed by atoms with Crippen LogP contribution in [-0.2, 0) is 4.79 Å². The Morgan fingerprint density at radius 3 is 2.76 bits per heavy atom. The summed E-state index contributed by atoms with van der Waals surface area (Å²) < 4.78 is 0. The Bertz CT molecular complexity index is 350. The van der Waals surface area contributed by atoms with Gasteiger partial charge in [0.15, 0.2) is 0 Å². The van der Waals surface area contributed by atoms with Gasteiger partial charge < -0.3 is 14.9 Å². The van der Waals surface area contributed by atoms with Gasteiger partial charge in [0.25, 0.3) is 0 Å². The summed E-state index contributed by atoms with van der Waals surface area (Å²) in [7, 11) is 1.63. The molecular formula is C11H17N3O3. The molecule has 1 fully saturated rings. The van der Waals surface area contributed by atoms with Gasteiger partial charge in [0.2, 0.25) is 0 Å². The fraction of sp³-hybridized carbons (Fsp3) is 0.727. The minimum atomic E-state index is -0.853. The number of amides is 2. The van der Waals surface area contributed by atoms with Crippen LogP contribution in [0.3, 0.4) is 0 Å². The quantitative estimate of drug-likeness (QED) is 0.781. The predicted octanol–water partition coefficient (Wildman–Crippen LogP) is 0.604. The van der Waals surface area contributed by atoms with Crippen LogP contribution in [0.15, 0.2) is 0 Å². The molecule has 2 amide bonds. The van der Waals surface area contributed by atoms with Crippen LogP contribution in [0, 0.1) is 23.2 Å². The minimum Gasteiger partial charge on any atom is -0.481 e. The van der Waals surface area contributed by atoms with Gasteiger partial charge in [-0.25, -0.2) is 4.79 Å². The number of aliphatic carboxylic acids is 1. The van der Waals surface area contributed by atoms with Crippen molar-refractivity contribution in [2.45, 2.75) is 13.3 Å². The molecule has 2 unspecified atom stereocenters. The standard InChI is InChI=1S/C11H17N3O3/c1-8(5-12)6-13(2)11(17)14-4-3-9(7-14)10(15)16/h8-9H,3-4,6-7H2,1-2H3,(H,15,16). The number of nitriles is 1. The van der Waals surface area contributed by atoms with Gasteiger partial charge in [-0.05, 0) is 13.3 Å². The molecule has 1 saturated heterocycles. The van der Waals surface area contributed by atoms with Crippen LogP contribution in [0.4, 0.5) is 4.79 Å². The lowest BCUT2D eigenvalue weighted by atomic mass is 10.1. The number of hydrogen-bond donors (Lipinski definition) is 1. The Morgan fingerprint density at radius 1 is 1.65 bits per heavy atom. The van der Waals surface area contributed by atoms with Gasteiger partial charge in [0, 0.05) is 26.7 Å². The molecule has 0 spiro atoms. The molecule has 6 nitrogen and oxygen atoms in total. The summed E-state index contributed by atoms with van der Waals surface area (Å²) in [5.74, 6) is -1.53. The maximum absolute atomic E-state index is 11.9. The molecule has 0 aliphatic carbocycles. The number of carboxylic acids is 1. The predicted molar refractivity (Wildman–Crippen MR) is 60.1 cm³/mol. The maximum atomic E-state index is 11.9. The number of carbonyl (C=O) groups excluding carboxylic acids is 1. The summed E-state index contributed by atoms with van der Waals surface area (Å²) >= 11 is 0. The molecule has 0 aromatic heterocycles. The molecule has 1 heterocycles. The number of urea groups is 1. The largest absolute Gasteiger partial charge is 0.481 e. The van der Waals surface area contributed by atoms with Crippen molar-refractivity contribution in [2.24, 2.45) is 11.8 Å². The van der Waals surface area contributed by atoms with Gasteiger partial charge in [-0.3, -0.25) is 4.79 Å². The Morgan fingerprint density at radius 2 is 2.29 bits per heavy atom. The highest BCUT2D eigenvalue weighted by atomic mass is 16.4. The van der Waals surface area contributed by atoms with Crippen molar-refractivity contribution in [1.82, 2.24) is 9.80 Å². The van der Waals surface area contributed by atoms with E-state index in [1.54, 1.807) is 14.0 Å². The lowest BCUT2D eigenvalue weighted by Crippen LogP contribution is -2.41. The maximum Gasteiger partial charge on any atom is 0.319 e. The SMILES string of the molecule is CC(C#N)CN(C)C(=O)N1CCC(C(=O)O)C1. The highest BCUT2D eigenvalue weighted by Gasteiger charge is 2.32. The lowest BCUT2D eigenvalue weighted by molar-refractivity contribution is -0.141.